The number of hydrogen-bond acceptors (Lipinski definition) is 21. The fraction of sp³-hybridized carbons (Fsp3) is 0.671. The van der Waals surface area contributed by atoms with Gasteiger partial charge in [0.15, 0.2) is 29.8 Å². The number of amides is 1. The molecule has 1 amide bonds. The zero-order valence-electron chi connectivity index (χ0n) is 53.2. The highest BCUT2D eigenvalue weighted by atomic mass is 33.1. The Balaban J connectivity index is 0.913. The van der Waals surface area contributed by atoms with E-state index >= 15 is 0 Å². The second-order valence-electron chi connectivity index (χ2n) is 28.2. The lowest BCUT2D eigenvalue weighted by atomic mass is 9.36. The number of hydrogen-bond donors (Lipinski definition) is 10. The van der Waals surface area contributed by atoms with Crippen molar-refractivity contribution in [1.29, 1.82) is 0 Å². The molecule has 93 heavy (non-hydrogen) atoms. The highest BCUT2D eigenvalue weighted by Gasteiger charge is 2.68. The van der Waals surface area contributed by atoms with Crippen LogP contribution in [0.25, 0.3) is 10.8 Å². The predicted molar refractivity (Wildman–Crippen MR) is 371 cm³/mol. The molecule has 2 spiro atoms. The third-order valence-corrected chi connectivity index (χ3v) is 30.6. The molecule has 3 saturated heterocycles. The number of methoxy groups -OCH3 is 1. The van der Waals surface area contributed by atoms with Gasteiger partial charge >= 0.3 is 0 Å². The van der Waals surface area contributed by atoms with Crippen LogP contribution < -0.4 is 24.8 Å². The molecule has 23 heteroatoms. The number of aryl methyl sites for hydroxylation is 1. The van der Waals surface area contributed by atoms with Crippen molar-refractivity contribution in [2.45, 2.75) is 164 Å². The first-order chi connectivity index (χ1) is 45.2. The number of aliphatic hydroxyl groups excluding tert-OH is 6. The average molecular weight is 1390 g/mol. The van der Waals surface area contributed by atoms with E-state index in [4.69, 9.17) is 23.7 Å². The number of fused-ring (bicyclic) bond motifs is 5. The molecular formula is C70H93N3O14S6. The lowest BCUT2D eigenvalue weighted by Crippen LogP contribution is -2.65. The molecule has 9 aliphatic heterocycles. The van der Waals surface area contributed by atoms with Crippen molar-refractivity contribution in [3.8, 4) is 40.6 Å². The Bertz CT molecular complexity index is 3320. The number of aromatic hydroxyl groups is 2. The monoisotopic (exact) mass is 1390 g/mol. The SMILES string of the molecule is COc1cc(CC2C(O)CSSC3CC(O)c4cccc5cn(cc45)COCCCC4NC(=O)C5CSSCC6NCC7C#CC89CC(C)CC(CSSC7)C8C(CCC97CC(CCC67)Oc6cc(c3cc6O)CCC(OCO)CC2O)CC(O)C45)cc(OCO)c1O. The summed E-state index contributed by atoms with van der Waals surface area (Å²) < 4.78 is 32.8. The Hall–Kier alpha value is -3.03. The third-order valence-electron chi connectivity index (χ3n) is 22.8. The molecular weight excluding hydrogens is 1300 g/mol. The van der Waals surface area contributed by atoms with Crippen molar-refractivity contribution in [3.05, 3.63) is 77.1 Å². The second kappa shape index (κ2) is 30.2. The summed E-state index contributed by atoms with van der Waals surface area (Å²) in [6, 6.07) is 12.9. The summed E-state index contributed by atoms with van der Waals surface area (Å²) in [5.41, 5.74) is 2.32. The van der Waals surface area contributed by atoms with Gasteiger partial charge in [0.2, 0.25) is 11.7 Å². The molecule has 12 aliphatic rings. The molecule has 3 aromatic carbocycles. The van der Waals surface area contributed by atoms with Gasteiger partial charge in [0.05, 0.1) is 49.7 Å². The smallest absolute Gasteiger partial charge is 0.224 e. The van der Waals surface area contributed by atoms with Crippen LogP contribution in [0.2, 0.25) is 0 Å². The van der Waals surface area contributed by atoms with E-state index in [9.17, 15) is 45.6 Å². The van der Waals surface area contributed by atoms with Crippen LogP contribution >= 0.6 is 64.8 Å². The highest BCUT2D eigenvalue weighted by Crippen LogP contribution is 2.72. The minimum atomic E-state index is -1.14. The normalized spacial score (nSPS) is 37.8. The number of carbonyl (C=O) groups is 1. The van der Waals surface area contributed by atoms with E-state index in [-0.39, 0.29) is 125 Å². The van der Waals surface area contributed by atoms with Gasteiger partial charge < -0.3 is 79.7 Å². The van der Waals surface area contributed by atoms with E-state index in [1.807, 2.05) is 79.7 Å². The van der Waals surface area contributed by atoms with Crippen LogP contribution in [-0.4, -0.2) is 157 Å². The van der Waals surface area contributed by atoms with Gasteiger partial charge in [-0.15, -0.1) is 0 Å². The first-order valence-electron chi connectivity index (χ1n) is 33.8. The van der Waals surface area contributed by atoms with E-state index in [2.05, 4.69) is 29.4 Å². The number of carbonyl (C=O) groups excluding carboxylic acids is 1. The van der Waals surface area contributed by atoms with Gasteiger partial charge in [-0.1, -0.05) is 102 Å². The van der Waals surface area contributed by atoms with Crippen LogP contribution in [0, 0.1) is 75.9 Å². The van der Waals surface area contributed by atoms with Crippen LogP contribution in [0.3, 0.4) is 0 Å². The largest absolute Gasteiger partial charge is 0.504 e. The Morgan fingerprint density at radius 1 is 0.806 bits per heavy atom. The average Bonchev–Trinajstić information content (AvgIpc) is 1.34. The number of rotatable bonds is 7. The van der Waals surface area contributed by atoms with Crippen LogP contribution in [0.15, 0.2) is 54.9 Å². The van der Waals surface area contributed by atoms with Crippen LogP contribution in [-0.2, 0) is 33.8 Å². The summed E-state index contributed by atoms with van der Waals surface area (Å²) in [4.78, 5) is 14.3. The van der Waals surface area contributed by atoms with Crippen LogP contribution in [0.1, 0.15) is 124 Å². The number of aliphatic hydroxyl groups is 6. The fourth-order valence-electron chi connectivity index (χ4n) is 18.8. The molecule has 20 atom stereocenters. The first-order valence-corrected chi connectivity index (χ1v) is 41.1. The van der Waals surface area contributed by atoms with Gasteiger partial charge in [-0.2, -0.15) is 0 Å². The quantitative estimate of drug-likeness (QED) is 0.0469. The molecule has 17 nitrogen and oxygen atoms in total. The van der Waals surface area contributed by atoms with Gasteiger partial charge in [0.1, 0.15) is 13.5 Å². The number of benzene rings is 3. The summed E-state index contributed by atoms with van der Waals surface area (Å²) >= 11 is 0. The predicted octanol–water partition coefficient (Wildman–Crippen LogP) is 10.4. The maximum atomic E-state index is 14.3. The molecule has 0 radical (unpaired) electrons. The summed E-state index contributed by atoms with van der Waals surface area (Å²) in [5.74, 6) is 12.6. The standard InChI is InChI=1S/C70H93N3O14S6/c1-39-17-45-32-89-88-31-40-12-14-70(26-39)66(45)43-13-15-69(70)27-47-10-11-53(69)55(71-28-40)34-91-90-33-52-65(59(79)21-43)54(72-68(52)82)7-4-16-84-36-73-29-44-5-3-6-48(51(44)30-73)57(77)25-64-49-24-58(78)61(87-47)22-42(49)8-9-46(85-37-74)23-56(76)50(60(80)35-92-93-64)18-41-19-62(83-2)67(81)63(20-41)86-38-75/h3,5-6,19-20,22,24,29-30,39-40,43,45-47,50,52-57,59-60,64-66,71,74-81H,4,7-11,13,15-18,21,23,25-28,31-38H2,1-2H3,(H,72,82). The first kappa shape index (κ1) is 68.5. The maximum absolute atomic E-state index is 14.3. The lowest BCUT2D eigenvalue weighted by molar-refractivity contribution is -0.180. The number of nitrogens with one attached hydrogen (secondary N) is 2. The zero-order valence-corrected chi connectivity index (χ0v) is 58.1. The number of nitrogens with zero attached hydrogens (tertiary/aromatic N) is 1. The van der Waals surface area contributed by atoms with Gasteiger partial charge in [0.25, 0.3) is 0 Å². The molecule has 4 aromatic rings. The fourth-order valence-corrected chi connectivity index (χ4v) is 27.0. The van der Waals surface area contributed by atoms with Crippen molar-refractivity contribution in [2.24, 2.45) is 64.1 Å². The molecule has 20 unspecified atom stereocenters. The molecule has 3 aliphatic carbocycles. The highest BCUT2D eigenvalue weighted by molar-refractivity contribution is 8.77. The second-order valence-corrected chi connectivity index (χ2v) is 35.9. The molecule has 6 fully saturated rings. The van der Waals surface area contributed by atoms with Crippen molar-refractivity contribution in [1.82, 2.24) is 15.2 Å². The molecule has 10 heterocycles. The number of ether oxygens (including phenoxy) is 5. The van der Waals surface area contributed by atoms with Gasteiger partial charge in [-0.3, -0.25) is 4.79 Å². The van der Waals surface area contributed by atoms with Crippen LogP contribution in [0.4, 0.5) is 0 Å². The van der Waals surface area contributed by atoms with Crippen molar-refractivity contribution < 1.29 is 69.3 Å². The van der Waals surface area contributed by atoms with Crippen LogP contribution in [0.5, 0.6) is 28.7 Å². The third kappa shape index (κ3) is 14.3. The van der Waals surface area contributed by atoms with Gasteiger partial charge in [0, 0.05) is 100 Å². The van der Waals surface area contributed by atoms with E-state index in [1.54, 1.807) is 22.9 Å². The molecule has 1 aromatic heterocycles. The minimum Gasteiger partial charge on any atom is -0.504 e. The van der Waals surface area contributed by atoms with E-state index in [1.165, 1.54) is 28.7 Å². The van der Waals surface area contributed by atoms with Gasteiger partial charge in [-0.25, -0.2) is 0 Å². The van der Waals surface area contributed by atoms with E-state index in [0.29, 0.717) is 67.6 Å². The summed E-state index contributed by atoms with van der Waals surface area (Å²) in [6.45, 7) is 2.69. The maximum Gasteiger partial charge on any atom is 0.224 e. The lowest BCUT2D eigenvalue weighted by Gasteiger charge is -2.68. The Morgan fingerprint density at radius 2 is 1.65 bits per heavy atom. The molecule has 14 bridgehead atoms. The van der Waals surface area contributed by atoms with E-state index < -0.39 is 55.3 Å². The zero-order chi connectivity index (χ0) is 64.5. The topological polar surface area (TPSA) is 254 Å². The molecule has 10 N–H and O–H groups in total. The number of phenolic OH excluding ortho intramolecular Hbond substituents is 2. The molecule has 16 rings (SSSR count). The summed E-state index contributed by atoms with van der Waals surface area (Å²) in [7, 11) is 12.0. The van der Waals surface area contributed by atoms with Crippen molar-refractivity contribution in [3.63, 3.8) is 0 Å². The number of aromatic nitrogens is 1. The Kier molecular flexibility index (Phi) is 22.2. The minimum absolute atomic E-state index is 0.00353. The van der Waals surface area contributed by atoms with Gasteiger partial charge in [-0.05, 0) is 183 Å². The Morgan fingerprint density at radius 3 is 2.49 bits per heavy atom. The molecule has 508 valence electrons. The number of phenols is 2. The van der Waals surface area contributed by atoms with Crippen molar-refractivity contribution in [2.75, 3.05) is 62.6 Å². The van der Waals surface area contributed by atoms with E-state index in [0.717, 1.165) is 96.2 Å². The molecule has 3 saturated carbocycles. The summed E-state index contributed by atoms with van der Waals surface area (Å²) in [5, 5.41) is 103. The Labute approximate surface area is 570 Å². The summed E-state index contributed by atoms with van der Waals surface area (Å²) in [6.07, 6.45) is 8.75. The van der Waals surface area contributed by atoms with Crippen molar-refractivity contribution >= 4 is 81.4 Å².